The summed E-state index contributed by atoms with van der Waals surface area (Å²) in [5, 5.41) is 3.29. The van der Waals surface area contributed by atoms with Crippen LogP contribution in [0, 0.1) is 0 Å². The Bertz CT molecular complexity index is 333. The van der Waals surface area contributed by atoms with Gasteiger partial charge in [-0.3, -0.25) is 0 Å². The van der Waals surface area contributed by atoms with Gasteiger partial charge >= 0.3 is 0 Å². The fourth-order valence-electron chi connectivity index (χ4n) is 2.30. The number of hydrogen-bond acceptors (Lipinski definition) is 4. The summed E-state index contributed by atoms with van der Waals surface area (Å²) in [5.41, 5.74) is 0. The largest absolute Gasteiger partial charge is 0.372 e. The van der Waals surface area contributed by atoms with Crippen LogP contribution in [-0.2, 0) is 14.8 Å². The van der Waals surface area contributed by atoms with Crippen LogP contribution in [0.15, 0.2) is 0 Å². The standard InChI is InChI=1S/C11H22N2O3S/c1-2-7-17(14,15)13-8-11(9-13)16-10-3-5-12-6-4-10/h10-12H,2-9H2,1H3. The van der Waals surface area contributed by atoms with Gasteiger partial charge in [-0.15, -0.1) is 0 Å². The van der Waals surface area contributed by atoms with Crippen LogP contribution in [0.3, 0.4) is 0 Å². The van der Waals surface area contributed by atoms with Crippen molar-refractivity contribution in [3.8, 4) is 0 Å². The molecule has 0 atom stereocenters. The zero-order chi connectivity index (χ0) is 12.3. The van der Waals surface area contributed by atoms with Crippen molar-refractivity contribution in [2.45, 2.75) is 38.4 Å². The maximum absolute atomic E-state index is 11.7. The molecule has 6 heteroatoms. The molecule has 0 aromatic carbocycles. The van der Waals surface area contributed by atoms with Crippen molar-refractivity contribution in [3.05, 3.63) is 0 Å². The molecule has 2 rings (SSSR count). The number of ether oxygens (including phenoxy) is 1. The van der Waals surface area contributed by atoms with Crippen LogP contribution < -0.4 is 5.32 Å². The third-order valence-electron chi connectivity index (χ3n) is 3.34. The van der Waals surface area contributed by atoms with E-state index in [1.165, 1.54) is 0 Å². The second-order valence-corrected chi connectivity index (χ2v) is 6.93. The van der Waals surface area contributed by atoms with E-state index in [0.717, 1.165) is 25.9 Å². The molecule has 2 heterocycles. The molecule has 0 amide bonds. The van der Waals surface area contributed by atoms with Crippen molar-refractivity contribution in [2.24, 2.45) is 0 Å². The lowest BCUT2D eigenvalue weighted by Gasteiger charge is -2.40. The minimum absolute atomic E-state index is 0.115. The molecular formula is C11H22N2O3S. The van der Waals surface area contributed by atoms with Crippen molar-refractivity contribution < 1.29 is 13.2 Å². The highest BCUT2D eigenvalue weighted by Gasteiger charge is 2.37. The molecule has 2 aliphatic rings. The average Bonchev–Trinajstić information content (AvgIpc) is 2.24. The first-order valence-corrected chi connectivity index (χ1v) is 8.06. The Hall–Kier alpha value is -0.170. The number of nitrogens with zero attached hydrogens (tertiary/aromatic N) is 1. The molecule has 5 nitrogen and oxygen atoms in total. The third kappa shape index (κ3) is 3.40. The number of rotatable bonds is 5. The summed E-state index contributed by atoms with van der Waals surface area (Å²) in [6, 6.07) is 0. The maximum atomic E-state index is 11.7. The molecule has 2 fully saturated rings. The zero-order valence-corrected chi connectivity index (χ0v) is 11.2. The van der Waals surface area contributed by atoms with E-state index in [-0.39, 0.29) is 11.9 Å². The predicted molar refractivity (Wildman–Crippen MR) is 66.4 cm³/mol. The van der Waals surface area contributed by atoms with Crippen LogP contribution in [0.2, 0.25) is 0 Å². The Morgan fingerprint density at radius 3 is 2.47 bits per heavy atom. The van der Waals surface area contributed by atoms with Gasteiger partial charge in [0.05, 0.1) is 18.0 Å². The summed E-state index contributed by atoms with van der Waals surface area (Å²) < 4.78 is 30.9. The molecular weight excluding hydrogens is 240 g/mol. The summed E-state index contributed by atoms with van der Waals surface area (Å²) >= 11 is 0. The molecule has 0 spiro atoms. The van der Waals surface area contributed by atoms with E-state index in [0.29, 0.717) is 25.6 Å². The summed E-state index contributed by atoms with van der Waals surface area (Å²) in [4.78, 5) is 0. The van der Waals surface area contributed by atoms with Crippen LogP contribution >= 0.6 is 0 Å². The Morgan fingerprint density at radius 1 is 1.24 bits per heavy atom. The van der Waals surface area contributed by atoms with Gasteiger partial charge in [-0.1, -0.05) is 6.92 Å². The van der Waals surface area contributed by atoms with Gasteiger partial charge in [0, 0.05) is 13.1 Å². The maximum Gasteiger partial charge on any atom is 0.214 e. The third-order valence-corrected chi connectivity index (χ3v) is 5.35. The fourth-order valence-corrected chi connectivity index (χ4v) is 3.87. The molecule has 0 radical (unpaired) electrons. The van der Waals surface area contributed by atoms with Crippen LogP contribution in [0.4, 0.5) is 0 Å². The zero-order valence-electron chi connectivity index (χ0n) is 10.4. The predicted octanol–water partition coefficient (Wildman–Crippen LogP) is 0.179. The number of hydrogen-bond donors (Lipinski definition) is 1. The average molecular weight is 262 g/mol. The minimum Gasteiger partial charge on any atom is -0.372 e. The van der Waals surface area contributed by atoms with Gasteiger partial charge in [0.25, 0.3) is 0 Å². The molecule has 2 saturated heterocycles. The van der Waals surface area contributed by atoms with E-state index < -0.39 is 10.0 Å². The Balaban J connectivity index is 1.71. The van der Waals surface area contributed by atoms with Crippen molar-refractivity contribution in [3.63, 3.8) is 0 Å². The first-order valence-electron chi connectivity index (χ1n) is 6.46. The molecule has 0 bridgehead atoms. The Labute approximate surface area is 104 Å². The van der Waals surface area contributed by atoms with Gasteiger partial charge in [0.2, 0.25) is 10.0 Å². The lowest BCUT2D eigenvalue weighted by molar-refractivity contribution is -0.0754. The number of nitrogens with one attached hydrogen (secondary N) is 1. The lowest BCUT2D eigenvalue weighted by Crippen LogP contribution is -2.56. The summed E-state index contributed by atoms with van der Waals surface area (Å²) in [6.45, 7) is 5.00. The normalized spacial score (nSPS) is 24.8. The molecule has 1 N–H and O–H groups in total. The van der Waals surface area contributed by atoms with E-state index in [4.69, 9.17) is 4.74 Å². The van der Waals surface area contributed by atoms with Gasteiger partial charge in [-0.05, 0) is 32.4 Å². The van der Waals surface area contributed by atoms with Crippen molar-refractivity contribution in [1.82, 2.24) is 9.62 Å². The van der Waals surface area contributed by atoms with Gasteiger partial charge in [0.1, 0.15) is 0 Å². The number of piperidine rings is 1. The van der Waals surface area contributed by atoms with Crippen molar-refractivity contribution >= 4 is 10.0 Å². The van der Waals surface area contributed by atoms with Crippen LogP contribution in [0.25, 0.3) is 0 Å². The second kappa shape index (κ2) is 5.65. The first-order chi connectivity index (χ1) is 8.12. The monoisotopic (exact) mass is 262 g/mol. The minimum atomic E-state index is -3.01. The van der Waals surface area contributed by atoms with Gasteiger partial charge in [-0.25, -0.2) is 8.42 Å². The molecule has 0 unspecified atom stereocenters. The first kappa shape index (κ1) is 13.3. The quantitative estimate of drug-likeness (QED) is 0.768. The molecule has 2 aliphatic heterocycles. The van der Waals surface area contributed by atoms with E-state index in [2.05, 4.69) is 5.32 Å². The van der Waals surface area contributed by atoms with Crippen LogP contribution in [0.1, 0.15) is 26.2 Å². The summed E-state index contributed by atoms with van der Waals surface area (Å²) in [7, 11) is -3.01. The smallest absolute Gasteiger partial charge is 0.214 e. The fraction of sp³-hybridized carbons (Fsp3) is 1.00. The van der Waals surface area contributed by atoms with E-state index in [1.807, 2.05) is 6.92 Å². The summed E-state index contributed by atoms with van der Waals surface area (Å²) in [6.07, 6.45) is 3.19. The lowest BCUT2D eigenvalue weighted by atomic mass is 10.1. The van der Waals surface area contributed by atoms with E-state index in [1.54, 1.807) is 4.31 Å². The molecule has 100 valence electrons. The molecule has 0 saturated carbocycles. The van der Waals surface area contributed by atoms with Crippen LogP contribution in [-0.4, -0.2) is 56.9 Å². The highest BCUT2D eigenvalue weighted by atomic mass is 32.2. The second-order valence-electron chi connectivity index (χ2n) is 4.84. The van der Waals surface area contributed by atoms with Crippen LogP contribution in [0.5, 0.6) is 0 Å². The summed E-state index contributed by atoms with van der Waals surface area (Å²) in [5.74, 6) is 0.257. The molecule has 0 aromatic heterocycles. The van der Waals surface area contributed by atoms with Gasteiger partial charge in [0.15, 0.2) is 0 Å². The Morgan fingerprint density at radius 2 is 1.88 bits per heavy atom. The van der Waals surface area contributed by atoms with Crippen molar-refractivity contribution in [2.75, 3.05) is 31.9 Å². The van der Waals surface area contributed by atoms with E-state index in [9.17, 15) is 8.42 Å². The highest BCUT2D eigenvalue weighted by Crippen LogP contribution is 2.21. The van der Waals surface area contributed by atoms with Crippen molar-refractivity contribution in [1.29, 1.82) is 0 Å². The topological polar surface area (TPSA) is 58.6 Å². The van der Waals surface area contributed by atoms with Gasteiger partial charge < -0.3 is 10.1 Å². The Kier molecular flexibility index (Phi) is 4.41. The molecule has 17 heavy (non-hydrogen) atoms. The SMILES string of the molecule is CCCS(=O)(=O)N1CC(OC2CCNCC2)C1. The molecule has 0 aliphatic carbocycles. The molecule has 0 aromatic rings. The van der Waals surface area contributed by atoms with E-state index >= 15 is 0 Å². The number of sulfonamides is 1. The highest BCUT2D eigenvalue weighted by molar-refractivity contribution is 7.89. The van der Waals surface area contributed by atoms with Gasteiger partial charge in [-0.2, -0.15) is 4.31 Å².